The van der Waals surface area contributed by atoms with Crippen LogP contribution in [-0.4, -0.2) is 71.9 Å². The van der Waals surface area contributed by atoms with Gasteiger partial charge in [-0.15, -0.1) is 0 Å². The molecule has 0 fully saturated rings. The molecule has 0 saturated heterocycles. The van der Waals surface area contributed by atoms with Gasteiger partial charge in [0, 0.05) is 32.3 Å². The van der Waals surface area contributed by atoms with Crippen molar-refractivity contribution in [2.75, 3.05) is 20.3 Å². The quantitative estimate of drug-likeness (QED) is 0.348. The van der Waals surface area contributed by atoms with Crippen LogP contribution in [0.1, 0.15) is 72.1 Å². The SMILES string of the molecule is COCCCN1C(=O)c2ccc(C(=O)O[C@@H](C)C(=O)N(C(C)C)C(C)C)cc2C1=O. The molecule has 1 atom stereocenters. The van der Waals surface area contributed by atoms with Gasteiger partial charge in [-0.25, -0.2) is 4.79 Å². The molecule has 8 nitrogen and oxygen atoms in total. The normalized spacial score (nSPS) is 14.3. The van der Waals surface area contributed by atoms with Gasteiger partial charge in [0.2, 0.25) is 0 Å². The van der Waals surface area contributed by atoms with Crippen LogP contribution in [0.3, 0.4) is 0 Å². The van der Waals surface area contributed by atoms with Crippen LogP contribution in [0.2, 0.25) is 0 Å². The molecule has 2 rings (SSSR count). The first-order valence-electron chi connectivity index (χ1n) is 10.1. The summed E-state index contributed by atoms with van der Waals surface area (Å²) in [7, 11) is 1.55. The number of carbonyl (C=O) groups excluding carboxylic acids is 4. The molecular formula is C22H30N2O6. The average Bonchev–Trinajstić information content (AvgIpc) is 2.91. The van der Waals surface area contributed by atoms with E-state index in [9.17, 15) is 19.2 Å². The number of hydrogen-bond acceptors (Lipinski definition) is 6. The van der Waals surface area contributed by atoms with E-state index in [-0.39, 0.29) is 47.1 Å². The van der Waals surface area contributed by atoms with Crippen LogP contribution in [-0.2, 0) is 14.3 Å². The van der Waals surface area contributed by atoms with Gasteiger partial charge in [0.15, 0.2) is 6.10 Å². The van der Waals surface area contributed by atoms with Crippen LogP contribution in [0.5, 0.6) is 0 Å². The van der Waals surface area contributed by atoms with E-state index < -0.39 is 18.0 Å². The topological polar surface area (TPSA) is 93.2 Å². The Labute approximate surface area is 177 Å². The minimum Gasteiger partial charge on any atom is -0.449 e. The summed E-state index contributed by atoms with van der Waals surface area (Å²) in [5.74, 6) is -1.84. The molecule has 0 saturated carbocycles. The fourth-order valence-electron chi connectivity index (χ4n) is 3.58. The molecule has 0 aromatic heterocycles. The maximum atomic E-state index is 12.7. The summed E-state index contributed by atoms with van der Waals surface area (Å²) < 4.78 is 10.3. The van der Waals surface area contributed by atoms with E-state index in [1.54, 1.807) is 12.0 Å². The molecule has 0 radical (unpaired) electrons. The molecule has 0 bridgehead atoms. The van der Waals surface area contributed by atoms with Gasteiger partial charge in [-0.3, -0.25) is 19.3 Å². The lowest BCUT2D eigenvalue weighted by atomic mass is 10.1. The zero-order valence-electron chi connectivity index (χ0n) is 18.4. The average molecular weight is 418 g/mol. The lowest BCUT2D eigenvalue weighted by molar-refractivity contribution is -0.143. The van der Waals surface area contributed by atoms with E-state index in [4.69, 9.17) is 9.47 Å². The highest BCUT2D eigenvalue weighted by Gasteiger charge is 2.36. The van der Waals surface area contributed by atoms with Crippen molar-refractivity contribution in [2.45, 2.75) is 59.2 Å². The number of esters is 1. The van der Waals surface area contributed by atoms with E-state index in [1.165, 1.54) is 25.1 Å². The number of amides is 3. The lowest BCUT2D eigenvalue weighted by Gasteiger charge is -2.32. The van der Waals surface area contributed by atoms with Crippen molar-refractivity contribution in [2.24, 2.45) is 0 Å². The van der Waals surface area contributed by atoms with Crippen molar-refractivity contribution in [3.63, 3.8) is 0 Å². The van der Waals surface area contributed by atoms with Crippen molar-refractivity contribution in [3.05, 3.63) is 34.9 Å². The maximum absolute atomic E-state index is 12.7. The lowest BCUT2D eigenvalue weighted by Crippen LogP contribution is -2.47. The Morgan fingerprint density at radius 1 is 1.00 bits per heavy atom. The number of imide groups is 1. The van der Waals surface area contributed by atoms with Gasteiger partial charge >= 0.3 is 5.97 Å². The first-order valence-corrected chi connectivity index (χ1v) is 10.1. The number of nitrogens with zero attached hydrogens (tertiary/aromatic N) is 2. The molecule has 1 aromatic carbocycles. The summed E-state index contributed by atoms with van der Waals surface area (Å²) in [5, 5.41) is 0. The van der Waals surface area contributed by atoms with Gasteiger partial charge in [-0.1, -0.05) is 0 Å². The number of benzene rings is 1. The molecule has 164 valence electrons. The van der Waals surface area contributed by atoms with E-state index in [2.05, 4.69) is 0 Å². The Kier molecular flexibility index (Phi) is 7.72. The maximum Gasteiger partial charge on any atom is 0.338 e. The number of rotatable bonds is 9. The number of fused-ring (bicyclic) bond motifs is 1. The van der Waals surface area contributed by atoms with Crippen molar-refractivity contribution < 1.29 is 28.7 Å². The van der Waals surface area contributed by atoms with Crippen LogP contribution < -0.4 is 0 Å². The molecule has 0 spiro atoms. The Morgan fingerprint density at radius 2 is 1.60 bits per heavy atom. The fraction of sp³-hybridized carbons (Fsp3) is 0.545. The summed E-state index contributed by atoms with van der Waals surface area (Å²) in [5.41, 5.74) is 0.537. The Balaban J connectivity index is 2.14. The molecule has 0 unspecified atom stereocenters. The first-order chi connectivity index (χ1) is 14.1. The summed E-state index contributed by atoms with van der Waals surface area (Å²) in [6.07, 6.45) is -0.447. The van der Waals surface area contributed by atoms with Gasteiger partial charge in [0.1, 0.15) is 0 Å². The van der Waals surface area contributed by atoms with Crippen molar-refractivity contribution in [1.82, 2.24) is 9.80 Å². The number of ether oxygens (including phenoxy) is 2. The number of hydrogen-bond donors (Lipinski definition) is 0. The Morgan fingerprint density at radius 3 is 2.17 bits per heavy atom. The molecule has 1 heterocycles. The summed E-state index contributed by atoms with van der Waals surface area (Å²) in [4.78, 5) is 53.1. The molecule has 1 aliphatic rings. The van der Waals surface area contributed by atoms with Crippen molar-refractivity contribution in [1.29, 1.82) is 0 Å². The second-order valence-electron chi connectivity index (χ2n) is 7.85. The smallest absolute Gasteiger partial charge is 0.338 e. The molecule has 0 N–H and O–H groups in total. The fourth-order valence-corrected chi connectivity index (χ4v) is 3.58. The molecule has 8 heteroatoms. The van der Waals surface area contributed by atoms with E-state index in [0.717, 1.165) is 4.90 Å². The second-order valence-corrected chi connectivity index (χ2v) is 7.85. The van der Waals surface area contributed by atoms with Crippen LogP contribution in [0.4, 0.5) is 0 Å². The van der Waals surface area contributed by atoms with E-state index in [1.807, 2.05) is 27.7 Å². The van der Waals surface area contributed by atoms with Crippen LogP contribution in [0.25, 0.3) is 0 Å². The summed E-state index contributed by atoms with van der Waals surface area (Å²) >= 11 is 0. The van der Waals surface area contributed by atoms with E-state index >= 15 is 0 Å². The minimum atomic E-state index is -0.974. The molecule has 30 heavy (non-hydrogen) atoms. The highest BCUT2D eigenvalue weighted by molar-refractivity contribution is 6.22. The predicted molar refractivity (Wildman–Crippen MR) is 110 cm³/mol. The standard InChI is InChI=1S/C22H30N2O6/c1-13(2)24(14(3)4)19(25)15(5)30-22(28)16-8-9-17-18(12-16)21(27)23(20(17)26)10-7-11-29-6/h8-9,12-15H,7,10-11H2,1-6H3/t15-/m0/s1. The second kappa shape index (κ2) is 9.84. The van der Waals surface area contributed by atoms with Crippen molar-refractivity contribution in [3.8, 4) is 0 Å². The monoisotopic (exact) mass is 418 g/mol. The summed E-state index contributed by atoms with van der Waals surface area (Å²) in [6, 6.07) is 4.17. The Bertz CT molecular complexity index is 825. The highest BCUT2D eigenvalue weighted by atomic mass is 16.5. The third-order valence-corrected chi connectivity index (χ3v) is 4.94. The van der Waals surface area contributed by atoms with Gasteiger partial charge in [0.05, 0.1) is 16.7 Å². The van der Waals surface area contributed by atoms with Gasteiger partial charge in [0.25, 0.3) is 17.7 Å². The van der Waals surface area contributed by atoms with Gasteiger partial charge < -0.3 is 14.4 Å². The number of carbonyl (C=O) groups is 4. The van der Waals surface area contributed by atoms with E-state index in [0.29, 0.717) is 13.0 Å². The van der Waals surface area contributed by atoms with Crippen LogP contribution in [0.15, 0.2) is 18.2 Å². The number of methoxy groups -OCH3 is 1. The van der Waals surface area contributed by atoms with Gasteiger partial charge in [-0.2, -0.15) is 0 Å². The zero-order valence-corrected chi connectivity index (χ0v) is 18.4. The highest BCUT2D eigenvalue weighted by Crippen LogP contribution is 2.25. The largest absolute Gasteiger partial charge is 0.449 e. The van der Waals surface area contributed by atoms with Crippen LogP contribution in [0, 0.1) is 0 Å². The summed E-state index contributed by atoms with van der Waals surface area (Å²) in [6.45, 7) is 9.79. The molecular weight excluding hydrogens is 388 g/mol. The third-order valence-electron chi connectivity index (χ3n) is 4.94. The minimum absolute atomic E-state index is 0.0358. The van der Waals surface area contributed by atoms with Crippen molar-refractivity contribution >= 4 is 23.7 Å². The van der Waals surface area contributed by atoms with Gasteiger partial charge in [-0.05, 0) is 59.2 Å². The first kappa shape index (κ1) is 23.5. The molecule has 1 aliphatic heterocycles. The third kappa shape index (κ3) is 4.87. The molecule has 0 aliphatic carbocycles. The predicted octanol–water partition coefficient (Wildman–Crippen LogP) is 2.51. The molecule has 1 aromatic rings. The molecule has 3 amide bonds. The van der Waals surface area contributed by atoms with Crippen LogP contribution >= 0.6 is 0 Å². The Hall–Kier alpha value is -2.74. The zero-order chi connectivity index (χ0) is 22.6.